The zero-order chi connectivity index (χ0) is 13.2. The van der Waals surface area contributed by atoms with E-state index >= 15 is 0 Å². The van der Waals surface area contributed by atoms with Crippen molar-refractivity contribution in [3.8, 4) is 23.7 Å². The van der Waals surface area contributed by atoms with E-state index in [1.54, 1.807) is 0 Å². The average Bonchev–Trinajstić information content (AvgIpc) is 2.36. The van der Waals surface area contributed by atoms with Gasteiger partial charge in [-0.1, -0.05) is 54.0 Å². The predicted molar refractivity (Wildman–Crippen MR) is 82.0 cm³/mol. The third-order valence-electron chi connectivity index (χ3n) is 2.52. The lowest BCUT2D eigenvalue weighted by Crippen LogP contribution is -1.89. The van der Waals surface area contributed by atoms with Crippen LogP contribution in [0.4, 0.5) is 5.69 Å². The number of nitrogen functional groups attached to an aromatic ring is 1. The highest BCUT2D eigenvalue weighted by Crippen LogP contribution is 2.17. The summed E-state index contributed by atoms with van der Waals surface area (Å²) in [7, 11) is 0. The largest absolute Gasteiger partial charge is 0.398 e. The van der Waals surface area contributed by atoms with Crippen molar-refractivity contribution in [2.75, 3.05) is 5.73 Å². The molecule has 0 atom stereocenters. The van der Waals surface area contributed by atoms with E-state index in [0.29, 0.717) is 5.69 Å². The Morgan fingerprint density at radius 1 is 1.17 bits per heavy atom. The standard InChI is InChI=1S/C16H18BrN/c1-2-3-4-5-6-7-8-9-10-14-13-15(17)11-12-16(14)18/h11-13H,2-6,18H2,1H3. The number of hydrogen-bond acceptors (Lipinski definition) is 1. The number of rotatable bonds is 4. The van der Waals surface area contributed by atoms with Crippen molar-refractivity contribution >= 4 is 21.6 Å². The number of halogens is 1. The molecule has 2 heteroatoms. The lowest BCUT2D eigenvalue weighted by Gasteiger charge is -1.97. The molecule has 0 aliphatic rings. The van der Waals surface area contributed by atoms with Crippen molar-refractivity contribution in [1.82, 2.24) is 0 Å². The molecule has 0 aliphatic carbocycles. The predicted octanol–water partition coefficient (Wildman–Crippen LogP) is 4.36. The Morgan fingerprint density at radius 3 is 2.78 bits per heavy atom. The van der Waals surface area contributed by atoms with E-state index in [0.717, 1.165) is 16.5 Å². The van der Waals surface area contributed by atoms with Crippen LogP contribution in [-0.2, 0) is 0 Å². The maximum Gasteiger partial charge on any atom is 0.0496 e. The van der Waals surface area contributed by atoms with Gasteiger partial charge >= 0.3 is 0 Å². The Bertz CT molecular complexity index is 497. The smallest absolute Gasteiger partial charge is 0.0496 e. The molecule has 1 aromatic rings. The van der Waals surface area contributed by atoms with Gasteiger partial charge in [0.15, 0.2) is 0 Å². The molecule has 0 heterocycles. The molecule has 0 amide bonds. The number of hydrogen-bond donors (Lipinski definition) is 1. The summed E-state index contributed by atoms with van der Waals surface area (Å²) >= 11 is 3.39. The lowest BCUT2D eigenvalue weighted by atomic mass is 10.1. The Morgan fingerprint density at radius 2 is 2.00 bits per heavy atom. The first-order valence-corrected chi connectivity index (χ1v) is 7.07. The number of benzene rings is 1. The molecule has 1 nitrogen and oxygen atoms in total. The summed E-state index contributed by atoms with van der Waals surface area (Å²) in [6.07, 6.45) is 5.92. The van der Waals surface area contributed by atoms with Gasteiger partial charge in [-0.2, -0.15) is 0 Å². The molecule has 0 aromatic heterocycles. The maximum absolute atomic E-state index is 5.81. The van der Waals surface area contributed by atoms with Gasteiger partial charge in [-0.25, -0.2) is 0 Å². The molecular formula is C16H18BrN. The van der Waals surface area contributed by atoms with E-state index in [-0.39, 0.29) is 0 Å². The van der Waals surface area contributed by atoms with Crippen LogP contribution in [0, 0.1) is 23.7 Å². The van der Waals surface area contributed by atoms with Gasteiger partial charge in [0, 0.05) is 22.1 Å². The van der Waals surface area contributed by atoms with Crippen LogP contribution in [0.2, 0.25) is 0 Å². The quantitative estimate of drug-likeness (QED) is 0.499. The second kappa shape index (κ2) is 8.67. The van der Waals surface area contributed by atoms with Crippen LogP contribution in [0.5, 0.6) is 0 Å². The Balaban J connectivity index is 2.46. The summed E-state index contributed by atoms with van der Waals surface area (Å²) in [5, 5.41) is 0. The van der Waals surface area contributed by atoms with Crippen LogP contribution in [0.25, 0.3) is 0 Å². The molecule has 0 fully saturated rings. The molecule has 2 N–H and O–H groups in total. The molecule has 1 rings (SSSR count). The summed E-state index contributed by atoms with van der Waals surface area (Å²) in [5.74, 6) is 11.8. The zero-order valence-electron chi connectivity index (χ0n) is 10.7. The minimum absolute atomic E-state index is 0.690. The molecule has 0 spiro atoms. The average molecular weight is 304 g/mol. The number of unbranched alkanes of at least 4 members (excludes halogenated alkanes) is 4. The second-order valence-electron chi connectivity index (χ2n) is 4.09. The van der Waals surface area contributed by atoms with Crippen LogP contribution in [0.3, 0.4) is 0 Å². The maximum atomic E-state index is 5.81. The first-order chi connectivity index (χ1) is 8.74. The molecule has 18 heavy (non-hydrogen) atoms. The van der Waals surface area contributed by atoms with Crippen LogP contribution < -0.4 is 5.73 Å². The minimum atomic E-state index is 0.690. The topological polar surface area (TPSA) is 26.0 Å². The molecule has 0 saturated carbocycles. The van der Waals surface area contributed by atoms with E-state index in [9.17, 15) is 0 Å². The molecule has 0 radical (unpaired) electrons. The van der Waals surface area contributed by atoms with Crippen molar-refractivity contribution in [2.45, 2.75) is 39.0 Å². The van der Waals surface area contributed by atoms with E-state index in [1.807, 2.05) is 18.2 Å². The van der Waals surface area contributed by atoms with Crippen molar-refractivity contribution in [1.29, 1.82) is 0 Å². The molecule has 0 bridgehead atoms. The van der Waals surface area contributed by atoms with Gasteiger partial charge in [0.1, 0.15) is 0 Å². The first kappa shape index (κ1) is 14.7. The van der Waals surface area contributed by atoms with Crippen LogP contribution in [-0.4, -0.2) is 0 Å². The van der Waals surface area contributed by atoms with Crippen LogP contribution >= 0.6 is 15.9 Å². The molecule has 0 saturated heterocycles. The van der Waals surface area contributed by atoms with E-state index in [2.05, 4.69) is 46.5 Å². The van der Waals surface area contributed by atoms with Gasteiger partial charge < -0.3 is 5.73 Å². The minimum Gasteiger partial charge on any atom is -0.398 e. The molecule has 0 unspecified atom stereocenters. The fraction of sp³-hybridized carbons (Fsp3) is 0.375. The van der Waals surface area contributed by atoms with Gasteiger partial charge in [0.25, 0.3) is 0 Å². The van der Waals surface area contributed by atoms with Gasteiger partial charge in [-0.05, 0) is 36.5 Å². The van der Waals surface area contributed by atoms with Gasteiger partial charge in [-0.15, -0.1) is 0 Å². The summed E-state index contributed by atoms with van der Waals surface area (Å²) in [6.45, 7) is 2.21. The summed E-state index contributed by atoms with van der Waals surface area (Å²) < 4.78 is 0.980. The molecule has 94 valence electrons. The molecule has 0 aliphatic heterocycles. The highest BCUT2D eigenvalue weighted by Gasteiger charge is 1.94. The fourth-order valence-corrected chi connectivity index (χ4v) is 1.84. The number of nitrogens with two attached hydrogens (primary N) is 1. The van der Waals surface area contributed by atoms with Crippen molar-refractivity contribution in [3.05, 3.63) is 28.2 Å². The summed E-state index contributed by atoms with van der Waals surface area (Å²) in [6, 6.07) is 5.65. The Kier molecular flexibility index (Phi) is 7.07. The molecular weight excluding hydrogens is 286 g/mol. The fourth-order valence-electron chi connectivity index (χ4n) is 1.48. The monoisotopic (exact) mass is 303 g/mol. The lowest BCUT2D eigenvalue weighted by molar-refractivity contribution is 0.680. The molecule has 1 aromatic carbocycles. The Hall–Kier alpha value is -1.38. The Labute approximate surface area is 118 Å². The van der Waals surface area contributed by atoms with E-state index in [1.165, 1.54) is 25.7 Å². The van der Waals surface area contributed by atoms with E-state index < -0.39 is 0 Å². The highest BCUT2D eigenvalue weighted by molar-refractivity contribution is 9.10. The first-order valence-electron chi connectivity index (χ1n) is 6.28. The van der Waals surface area contributed by atoms with Gasteiger partial charge in [-0.3, -0.25) is 0 Å². The van der Waals surface area contributed by atoms with Crippen molar-refractivity contribution in [3.63, 3.8) is 0 Å². The SMILES string of the molecule is CCCCCCC#CC#Cc1cc(Br)ccc1N. The number of anilines is 1. The zero-order valence-corrected chi connectivity index (χ0v) is 12.3. The highest BCUT2D eigenvalue weighted by atomic mass is 79.9. The van der Waals surface area contributed by atoms with Crippen molar-refractivity contribution in [2.24, 2.45) is 0 Å². The third-order valence-corrected chi connectivity index (χ3v) is 3.01. The van der Waals surface area contributed by atoms with E-state index in [4.69, 9.17) is 5.73 Å². The normalized spacial score (nSPS) is 9.00. The summed E-state index contributed by atoms with van der Waals surface area (Å²) in [5.41, 5.74) is 7.33. The third kappa shape index (κ3) is 5.80. The van der Waals surface area contributed by atoms with Gasteiger partial charge in [0.05, 0.1) is 0 Å². The van der Waals surface area contributed by atoms with Crippen molar-refractivity contribution < 1.29 is 0 Å². The van der Waals surface area contributed by atoms with Crippen LogP contribution in [0.15, 0.2) is 22.7 Å². The second-order valence-corrected chi connectivity index (χ2v) is 5.01. The summed E-state index contributed by atoms with van der Waals surface area (Å²) in [4.78, 5) is 0. The van der Waals surface area contributed by atoms with Gasteiger partial charge in [0.2, 0.25) is 0 Å². The van der Waals surface area contributed by atoms with Crippen LogP contribution in [0.1, 0.15) is 44.6 Å².